The summed E-state index contributed by atoms with van der Waals surface area (Å²) in [7, 11) is -3.58. The molecule has 6 nitrogen and oxygen atoms in total. The van der Waals surface area contributed by atoms with Crippen LogP contribution in [0.5, 0.6) is 0 Å². The first kappa shape index (κ1) is 14.0. The number of nitrogens with zero attached hydrogens (tertiary/aromatic N) is 2. The smallest absolute Gasteiger partial charge is 0.265 e. The van der Waals surface area contributed by atoms with E-state index < -0.39 is 16.2 Å². The predicted molar refractivity (Wildman–Crippen MR) is 69.1 cm³/mol. The van der Waals surface area contributed by atoms with Crippen molar-refractivity contribution in [2.45, 2.75) is 13.0 Å². The van der Waals surface area contributed by atoms with Crippen molar-refractivity contribution < 1.29 is 17.1 Å². The van der Waals surface area contributed by atoms with E-state index in [1.165, 1.54) is 6.92 Å². The highest BCUT2D eigenvalue weighted by Crippen LogP contribution is 2.23. The van der Waals surface area contributed by atoms with Gasteiger partial charge in [-0.1, -0.05) is 28.9 Å². The lowest BCUT2D eigenvalue weighted by atomic mass is 10.2. The summed E-state index contributed by atoms with van der Waals surface area (Å²) in [6.07, 6.45) is 0.119. The van der Waals surface area contributed by atoms with Gasteiger partial charge in [-0.15, -0.1) is 0 Å². The van der Waals surface area contributed by atoms with Crippen molar-refractivity contribution in [2.24, 2.45) is 0 Å². The highest BCUT2D eigenvalue weighted by Gasteiger charge is 2.19. The van der Waals surface area contributed by atoms with E-state index in [0.717, 1.165) is 6.26 Å². The second kappa shape index (κ2) is 5.28. The molecule has 0 aliphatic carbocycles. The van der Waals surface area contributed by atoms with Crippen molar-refractivity contribution in [3.05, 3.63) is 35.2 Å². The first-order valence-electron chi connectivity index (χ1n) is 5.33. The van der Waals surface area contributed by atoms with Crippen LogP contribution in [-0.4, -0.2) is 24.8 Å². The molecule has 0 spiro atoms. The second-order valence-electron chi connectivity index (χ2n) is 3.91. The summed E-state index contributed by atoms with van der Waals surface area (Å²) in [5.74, 6) is 0.404. The van der Waals surface area contributed by atoms with Crippen LogP contribution in [0.2, 0.25) is 5.02 Å². The number of rotatable bonds is 4. The van der Waals surface area contributed by atoms with Crippen molar-refractivity contribution in [1.29, 1.82) is 0 Å². The Kier molecular flexibility index (Phi) is 3.88. The summed E-state index contributed by atoms with van der Waals surface area (Å²) in [4.78, 5) is 4.08. The molecule has 1 aromatic heterocycles. The van der Waals surface area contributed by atoms with E-state index in [-0.39, 0.29) is 5.89 Å². The fraction of sp³-hybridized carbons (Fsp3) is 0.273. The molecule has 8 heteroatoms. The Morgan fingerprint density at radius 2 is 2.16 bits per heavy atom. The monoisotopic (exact) mass is 302 g/mol. The molecule has 0 aliphatic heterocycles. The SMILES string of the molecule is CC(OS(C)(=O)=O)c1nc(-c2cccc(Cl)c2)no1. The maximum Gasteiger partial charge on any atom is 0.265 e. The molecule has 0 saturated heterocycles. The minimum absolute atomic E-state index is 0.0837. The molecule has 0 N–H and O–H groups in total. The molecular weight excluding hydrogens is 292 g/mol. The lowest BCUT2D eigenvalue weighted by Gasteiger charge is -2.04. The van der Waals surface area contributed by atoms with Crippen LogP contribution < -0.4 is 0 Å². The predicted octanol–water partition coefficient (Wildman–Crippen LogP) is 2.43. The molecule has 102 valence electrons. The van der Waals surface area contributed by atoms with Crippen LogP contribution in [0.4, 0.5) is 0 Å². The maximum absolute atomic E-state index is 11.0. The van der Waals surface area contributed by atoms with Crippen molar-refractivity contribution >= 4 is 21.7 Å². The quantitative estimate of drug-likeness (QED) is 0.807. The molecule has 1 atom stereocenters. The zero-order valence-electron chi connectivity index (χ0n) is 10.2. The number of hydrogen-bond donors (Lipinski definition) is 0. The number of halogens is 1. The topological polar surface area (TPSA) is 82.3 Å². The molecule has 19 heavy (non-hydrogen) atoms. The van der Waals surface area contributed by atoms with Gasteiger partial charge in [0, 0.05) is 10.6 Å². The van der Waals surface area contributed by atoms with Crippen LogP contribution in [0, 0.1) is 0 Å². The fourth-order valence-electron chi connectivity index (χ4n) is 1.45. The molecule has 0 saturated carbocycles. The Bertz CT molecular complexity index is 684. The van der Waals surface area contributed by atoms with E-state index in [1.807, 2.05) is 0 Å². The zero-order chi connectivity index (χ0) is 14.0. The van der Waals surface area contributed by atoms with Gasteiger partial charge in [-0.05, 0) is 19.1 Å². The van der Waals surface area contributed by atoms with E-state index >= 15 is 0 Å². The van der Waals surface area contributed by atoms with Crippen LogP contribution >= 0.6 is 11.6 Å². The summed E-state index contributed by atoms with van der Waals surface area (Å²) in [5, 5.41) is 4.30. The summed E-state index contributed by atoms with van der Waals surface area (Å²) in [6.45, 7) is 1.51. The lowest BCUT2D eigenvalue weighted by molar-refractivity contribution is 0.184. The lowest BCUT2D eigenvalue weighted by Crippen LogP contribution is -2.07. The van der Waals surface area contributed by atoms with Gasteiger partial charge in [0.25, 0.3) is 16.0 Å². The molecule has 2 aromatic rings. The first-order chi connectivity index (χ1) is 8.85. The van der Waals surface area contributed by atoms with E-state index in [1.54, 1.807) is 24.3 Å². The van der Waals surface area contributed by atoms with Crippen LogP contribution in [0.15, 0.2) is 28.8 Å². The van der Waals surface area contributed by atoms with Gasteiger partial charge in [-0.3, -0.25) is 4.18 Å². The highest BCUT2D eigenvalue weighted by atomic mass is 35.5. The van der Waals surface area contributed by atoms with Crippen LogP contribution in [0.1, 0.15) is 18.9 Å². The molecular formula is C11H11ClN2O4S. The molecule has 1 unspecified atom stereocenters. The molecule has 1 aromatic carbocycles. The van der Waals surface area contributed by atoms with Crippen LogP contribution in [0.25, 0.3) is 11.4 Å². The second-order valence-corrected chi connectivity index (χ2v) is 5.95. The summed E-state index contributed by atoms with van der Waals surface area (Å²) >= 11 is 5.86. The molecule has 0 amide bonds. The molecule has 0 aliphatic rings. The molecule has 0 fully saturated rings. The fourth-order valence-corrected chi connectivity index (χ4v) is 2.25. The van der Waals surface area contributed by atoms with Crippen molar-refractivity contribution in [2.75, 3.05) is 6.26 Å². The largest absolute Gasteiger partial charge is 0.336 e. The van der Waals surface area contributed by atoms with Gasteiger partial charge in [0.2, 0.25) is 5.82 Å². The van der Waals surface area contributed by atoms with Gasteiger partial charge in [0.15, 0.2) is 6.10 Å². The Hall–Kier alpha value is -1.44. The highest BCUT2D eigenvalue weighted by molar-refractivity contribution is 7.86. The third-order valence-corrected chi connectivity index (χ3v) is 3.06. The molecule has 0 radical (unpaired) electrons. The van der Waals surface area contributed by atoms with E-state index in [2.05, 4.69) is 10.1 Å². The van der Waals surface area contributed by atoms with Crippen LogP contribution in [-0.2, 0) is 14.3 Å². The Balaban J connectivity index is 2.24. The average Bonchev–Trinajstić information content (AvgIpc) is 2.75. The maximum atomic E-state index is 11.0. The minimum Gasteiger partial charge on any atom is -0.336 e. The molecule has 1 heterocycles. The van der Waals surface area contributed by atoms with Gasteiger partial charge in [-0.25, -0.2) is 0 Å². The van der Waals surface area contributed by atoms with Gasteiger partial charge in [-0.2, -0.15) is 13.4 Å². The van der Waals surface area contributed by atoms with Gasteiger partial charge < -0.3 is 4.52 Å². The molecule has 2 rings (SSSR count). The number of hydrogen-bond acceptors (Lipinski definition) is 6. The van der Waals surface area contributed by atoms with Crippen molar-refractivity contribution in [3.63, 3.8) is 0 Å². The Labute approximate surface area is 115 Å². The van der Waals surface area contributed by atoms with Crippen LogP contribution in [0.3, 0.4) is 0 Å². The van der Waals surface area contributed by atoms with Gasteiger partial charge in [0.05, 0.1) is 6.26 Å². The third-order valence-electron chi connectivity index (χ3n) is 2.19. The zero-order valence-corrected chi connectivity index (χ0v) is 11.8. The standard InChI is InChI=1S/C11H11ClN2O4S/c1-7(18-19(2,15)16)11-13-10(14-17-11)8-4-3-5-9(12)6-8/h3-7H,1-2H3. The Morgan fingerprint density at radius 1 is 1.42 bits per heavy atom. The Morgan fingerprint density at radius 3 is 2.79 bits per heavy atom. The van der Waals surface area contributed by atoms with E-state index in [4.69, 9.17) is 20.3 Å². The normalized spacial score (nSPS) is 13.4. The third kappa shape index (κ3) is 3.76. The number of benzene rings is 1. The van der Waals surface area contributed by atoms with Crippen molar-refractivity contribution in [1.82, 2.24) is 10.1 Å². The average molecular weight is 303 g/mol. The minimum atomic E-state index is -3.58. The number of aromatic nitrogens is 2. The summed E-state index contributed by atoms with van der Waals surface area (Å²) in [6, 6.07) is 6.92. The summed E-state index contributed by atoms with van der Waals surface area (Å²) in [5.41, 5.74) is 0.675. The molecule has 0 bridgehead atoms. The van der Waals surface area contributed by atoms with E-state index in [9.17, 15) is 8.42 Å². The summed E-state index contributed by atoms with van der Waals surface area (Å²) < 4.78 is 31.7. The van der Waals surface area contributed by atoms with E-state index in [0.29, 0.717) is 16.4 Å². The van der Waals surface area contributed by atoms with Crippen molar-refractivity contribution in [3.8, 4) is 11.4 Å². The van der Waals surface area contributed by atoms with Gasteiger partial charge >= 0.3 is 0 Å². The first-order valence-corrected chi connectivity index (χ1v) is 7.52. The van der Waals surface area contributed by atoms with Gasteiger partial charge in [0.1, 0.15) is 0 Å².